The van der Waals surface area contributed by atoms with Gasteiger partial charge in [-0.05, 0) is 80.1 Å². The number of aliphatic hydroxyl groups is 2. The van der Waals surface area contributed by atoms with Crippen LogP contribution in [0, 0.1) is 17.8 Å². The smallest absolute Gasteiger partial charge is 0.410 e. The standard InChI is InChI=1S/C14H19NO3.C14H17NO3.C8H7ClO2.C6H13NO/c2*16-10-12-6-8-15(9-7-12)14(17)18-11-13-4-2-1-3-5-13;9-8(10)11-6-7-4-2-1-3-5-7;8-5-6-1-3-7-4-2-6/h1-5,12,16H,6-11H2;1-5,10,12H,6-9,11H2;1-5H,6H2;6-8H,1-5H2. The maximum atomic E-state index is 11.8. The molecule has 3 aliphatic heterocycles. The number of amides is 2. The fourth-order valence-corrected chi connectivity index (χ4v) is 5.97. The summed E-state index contributed by atoms with van der Waals surface area (Å²) in [6.45, 7) is 6.20. The van der Waals surface area contributed by atoms with Gasteiger partial charge in [-0.15, -0.1) is 0 Å². The lowest BCUT2D eigenvalue weighted by molar-refractivity contribution is -0.112. The van der Waals surface area contributed by atoms with Crippen molar-refractivity contribution >= 4 is 35.5 Å². The van der Waals surface area contributed by atoms with E-state index in [4.69, 9.17) is 31.3 Å². The van der Waals surface area contributed by atoms with Crippen LogP contribution in [0.4, 0.5) is 14.4 Å². The number of aldehydes is 1. The van der Waals surface area contributed by atoms with Gasteiger partial charge in [-0.3, -0.25) is 0 Å². The molecular formula is C42H56ClN3O9. The average Bonchev–Trinajstić information content (AvgIpc) is 3.26. The van der Waals surface area contributed by atoms with E-state index in [1.54, 1.807) is 9.80 Å². The van der Waals surface area contributed by atoms with Crippen molar-refractivity contribution in [1.82, 2.24) is 15.1 Å². The van der Waals surface area contributed by atoms with E-state index >= 15 is 0 Å². The summed E-state index contributed by atoms with van der Waals surface area (Å²) in [5.74, 6) is 1.02. The number of hydrogen-bond donors (Lipinski definition) is 3. The first kappa shape index (κ1) is 44.9. The summed E-state index contributed by atoms with van der Waals surface area (Å²) in [5.41, 5.74) is 2.14. The predicted molar refractivity (Wildman–Crippen MR) is 210 cm³/mol. The third kappa shape index (κ3) is 19.1. The van der Waals surface area contributed by atoms with Crippen molar-refractivity contribution < 1.29 is 43.6 Å². The largest absolute Gasteiger partial charge is 0.449 e. The van der Waals surface area contributed by atoms with Gasteiger partial charge >= 0.3 is 17.6 Å². The second-order valence-corrected chi connectivity index (χ2v) is 13.9. The molecule has 13 heteroatoms. The minimum Gasteiger partial charge on any atom is -0.449 e. The van der Waals surface area contributed by atoms with Crippen LogP contribution in [0.1, 0.15) is 55.2 Å². The van der Waals surface area contributed by atoms with Gasteiger partial charge in [0.25, 0.3) is 0 Å². The normalized spacial score (nSPS) is 16.1. The van der Waals surface area contributed by atoms with E-state index in [0.717, 1.165) is 74.6 Å². The Morgan fingerprint density at radius 2 is 0.964 bits per heavy atom. The van der Waals surface area contributed by atoms with Gasteiger partial charge in [0.05, 0.1) is 0 Å². The number of piperidine rings is 3. The first-order valence-corrected chi connectivity index (χ1v) is 19.3. The lowest BCUT2D eigenvalue weighted by Crippen LogP contribution is -2.39. The van der Waals surface area contributed by atoms with Gasteiger partial charge in [0.15, 0.2) is 0 Å². The molecule has 0 spiro atoms. The first-order valence-electron chi connectivity index (χ1n) is 19.0. The molecule has 6 rings (SSSR count). The quantitative estimate of drug-likeness (QED) is 0.120. The second kappa shape index (κ2) is 27.1. The van der Waals surface area contributed by atoms with E-state index in [9.17, 15) is 19.2 Å². The van der Waals surface area contributed by atoms with Gasteiger partial charge in [0.2, 0.25) is 0 Å². The number of hydrogen-bond acceptors (Lipinski definition) is 10. The van der Waals surface area contributed by atoms with Gasteiger partial charge in [-0.1, -0.05) is 91.0 Å². The highest BCUT2D eigenvalue weighted by molar-refractivity contribution is 6.61. The summed E-state index contributed by atoms with van der Waals surface area (Å²) in [6.07, 6.45) is 5.93. The third-order valence-electron chi connectivity index (χ3n) is 9.44. The lowest BCUT2D eigenvalue weighted by Gasteiger charge is -2.30. The molecule has 0 unspecified atom stereocenters. The number of nitrogens with one attached hydrogen (secondary N) is 1. The van der Waals surface area contributed by atoms with E-state index in [-0.39, 0.29) is 31.3 Å². The minimum atomic E-state index is -0.770. The molecule has 0 saturated carbocycles. The van der Waals surface area contributed by atoms with E-state index in [0.29, 0.717) is 57.8 Å². The van der Waals surface area contributed by atoms with Crippen LogP contribution in [0.25, 0.3) is 0 Å². The number of benzene rings is 3. The van der Waals surface area contributed by atoms with Crippen LogP contribution < -0.4 is 5.32 Å². The molecule has 12 nitrogen and oxygen atoms in total. The fourth-order valence-electron chi connectivity index (χ4n) is 5.92. The molecule has 3 N–H and O–H groups in total. The second-order valence-electron chi connectivity index (χ2n) is 13.5. The number of likely N-dealkylation sites (tertiary alicyclic amines) is 2. The number of rotatable bonds is 9. The molecular weight excluding hydrogens is 726 g/mol. The monoisotopic (exact) mass is 781 g/mol. The van der Waals surface area contributed by atoms with Crippen LogP contribution in [0.3, 0.4) is 0 Å². The maximum absolute atomic E-state index is 11.8. The Kier molecular flexibility index (Phi) is 22.2. The highest BCUT2D eigenvalue weighted by Gasteiger charge is 2.24. The van der Waals surface area contributed by atoms with Crippen molar-refractivity contribution in [2.75, 3.05) is 52.5 Å². The Labute approximate surface area is 329 Å². The molecule has 2 amide bonds. The Morgan fingerprint density at radius 1 is 0.600 bits per heavy atom. The molecule has 3 aromatic carbocycles. The van der Waals surface area contributed by atoms with Crippen LogP contribution in [0.15, 0.2) is 91.0 Å². The van der Waals surface area contributed by atoms with E-state index < -0.39 is 5.43 Å². The lowest BCUT2D eigenvalue weighted by atomic mass is 9.98. The first-order chi connectivity index (χ1) is 26.8. The molecule has 55 heavy (non-hydrogen) atoms. The van der Waals surface area contributed by atoms with E-state index in [2.05, 4.69) is 10.1 Å². The summed E-state index contributed by atoms with van der Waals surface area (Å²) in [5, 5.41) is 20.9. The minimum absolute atomic E-state index is 0.100. The highest BCUT2D eigenvalue weighted by Crippen LogP contribution is 2.18. The van der Waals surface area contributed by atoms with Crippen LogP contribution in [-0.2, 0) is 38.8 Å². The summed E-state index contributed by atoms with van der Waals surface area (Å²) in [6, 6.07) is 28.6. The number of ether oxygens (including phenoxy) is 3. The molecule has 3 aromatic rings. The van der Waals surface area contributed by atoms with Crippen molar-refractivity contribution in [3.05, 3.63) is 108 Å². The zero-order valence-electron chi connectivity index (χ0n) is 31.5. The van der Waals surface area contributed by atoms with Gasteiger partial charge in [-0.25, -0.2) is 14.4 Å². The van der Waals surface area contributed by atoms with E-state index in [1.165, 1.54) is 0 Å². The molecule has 3 aliphatic rings. The molecule has 300 valence electrons. The third-order valence-corrected chi connectivity index (χ3v) is 9.55. The van der Waals surface area contributed by atoms with Crippen LogP contribution in [-0.4, -0.2) is 96.4 Å². The Hall–Kier alpha value is -4.49. The van der Waals surface area contributed by atoms with Crippen molar-refractivity contribution in [3.63, 3.8) is 0 Å². The SMILES string of the molecule is O=C(Cl)OCc1ccccc1.O=C(OCc1ccccc1)N1CCC(CO)CC1.O=CC1CCN(C(=O)OCc2ccccc2)CC1.OCC1CCNCC1. The van der Waals surface area contributed by atoms with Crippen LogP contribution in [0.5, 0.6) is 0 Å². The highest BCUT2D eigenvalue weighted by atomic mass is 35.5. The number of carbonyl (C=O) groups is 4. The zero-order valence-corrected chi connectivity index (χ0v) is 32.3. The molecule has 3 heterocycles. The molecule has 0 bridgehead atoms. The van der Waals surface area contributed by atoms with Crippen LogP contribution >= 0.6 is 11.6 Å². The van der Waals surface area contributed by atoms with Crippen molar-refractivity contribution in [1.29, 1.82) is 0 Å². The average molecular weight is 782 g/mol. The summed E-state index contributed by atoms with van der Waals surface area (Å²) >= 11 is 4.97. The van der Waals surface area contributed by atoms with Crippen molar-refractivity contribution in [3.8, 4) is 0 Å². The van der Waals surface area contributed by atoms with Gasteiger partial charge in [0.1, 0.15) is 26.1 Å². The van der Waals surface area contributed by atoms with Gasteiger partial charge < -0.3 is 44.3 Å². The summed E-state index contributed by atoms with van der Waals surface area (Å²) in [7, 11) is 0. The topological polar surface area (TPSA) is 155 Å². The molecule has 0 aliphatic carbocycles. The Balaban J connectivity index is 0.000000206. The molecule has 3 fully saturated rings. The molecule has 3 saturated heterocycles. The number of nitrogens with zero attached hydrogens (tertiary/aromatic N) is 2. The number of aliphatic hydroxyl groups excluding tert-OH is 2. The Bertz CT molecular complexity index is 1480. The van der Waals surface area contributed by atoms with Gasteiger partial charge in [-0.2, -0.15) is 0 Å². The van der Waals surface area contributed by atoms with Crippen molar-refractivity contribution in [2.24, 2.45) is 17.8 Å². The molecule has 0 atom stereocenters. The predicted octanol–water partition coefficient (Wildman–Crippen LogP) is 6.80. The number of halogens is 1. The van der Waals surface area contributed by atoms with Crippen molar-refractivity contribution in [2.45, 2.75) is 58.3 Å². The summed E-state index contributed by atoms with van der Waals surface area (Å²) in [4.78, 5) is 47.7. The zero-order chi connectivity index (χ0) is 39.5. The maximum Gasteiger partial charge on any atom is 0.410 e. The molecule has 0 radical (unpaired) electrons. The Morgan fingerprint density at radius 3 is 1.31 bits per heavy atom. The number of carbonyl (C=O) groups excluding carboxylic acids is 4. The summed E-state index contributed by atoms with van der Waals surface area (Å²) < 4.78 is 15.1. The van der Waals surface area contributed by atoms with Crippen LogP contribution in [0.2, 0.25) is 0 Å². The molecule has 0 aromatic heterocycles. The van der Waals surface area contributed by atoms with Gasteiger partial charge in [0, 0.05) is 56.9 Å². The fraction of sp³-hybridized carbons (Fsp3) is 0.476. The van der Waals surface area contributed by atoms with E-state index in [1.807, 2.05) is 91.0 Å².